The number of carbonyl (C=O) groups excluding carboxylic acids is 3. The van der Waals surface area contributed by atoms with Crippen molar-refractivity contribution in [3.05, 3.63) is 171 Å². The predicted molar refractivity (Wildman–Crippen MR) is 269 cm³/mol. The summed E-state index contributed by atoms with van der Waals surface area (Å²) in [5.41, 5.74) is 6.97. The van der Waals surface area contributed by atoms with Crippen LogP contribution in [0.3, 0.4) is 0 Å². The third-order valence-electron chi connectivity index (χ3n) is 11.5. The van der Waals surface area contributed by atoms with Crippen LogP contribution in [0.15, 0.2) is 117 Å². The van der Waals surface area contributed by atoms with E-state index in [-0.39, 0.29) is 31.3 Å². The fourth-order valence-corrected chi connectivity index (χ4v) is 7.52. The number of hydrogen-bond donors (Lipinski definition) is 3. The molecule has 22 heteroatoms. The molecule has 0 spiro atoms. The van der Waals surface area contributed by atoms with Gasteiger partial charge in [0.15, 0.2) is 40.5 Å². The molecule has 3 aromatic carbocycles. The van der Waals surface area contributed by atoms with Crippen molar-refractivity contribution in [2.45, 2.75) is 75.0 Å². The first-order chi connectivity index (χ1) is 35.8. The number of ether oxygens (including phenoxy) is 4. The summed E-state index contributed by atoms with van der Waals surface area (Å²) in [6, 6.07) is 24.5. The lowest BCUT2D eigenvalue weighted by molar-refractivity contribution is 0.101. The van der Waals surface area contributed by atoms with Gasteiger partial charge in [0, 0.05) is 64.6 Å². The Labute approximate surface area is 424 Å². The highest BCUT2D eigenvalue weighted by molar-refractivity contribution is 6.06. The molecule has 74 heavy (non-hydrogen) atoms. The van der Waals surface area contributed by atoms with Crippen molar-refractivity contribution in [1.82, 2.24) is 44.8 Å². The van der Waals surface area contributed by atoms with Gasteiger partial charge in [-0.1, -0.05) is 53.6 Å². The Kier molecular flexibility index (Phi) is 15.9. The fourth-order valence-electron chi connectivity index (χ4n) is 7.52. The first-order valence-electron chi connectivity index (χ1n) is 23.5. The number of fused-ring (bicyclic) bond motifs is 2. The van der Waals surface area contributed by atoms with Crippen molar-refractivity contribution >= 4 is 35.2 Å². The minimum Gasteiger partial charge on any atom is -0.454 e. The highest BCUT2D eigenvalue weighted by atomic mass is 16.7. The maximum absolute atomic E-state index is 12.5. The first kappa shape index (κ1) is 50.9. The van der Waals surface area contributed by atoms with Crippen LogP contribution in [-0.2, 0) is 19.6 Å². The number of aromatic nitrogens is 9. The summed E-state index contributed by atoms with van der Waals surface area (Å²) < 4.78 is 41.8. The minimum absolute atomic E-state index is 0.117. The SMILES string of the molecule is CC.Cc1noc(C)c1Cn1ccc(NC(=O)c2ccc3c(c2)OCO3)n1.Cc1noc(C)c1Cn1ccc(NC(=O)c2cccc3c2OCO3)n1.Cc1noc(C)c1Cn1ccc(NC(=O)c2ccccc2)n1. The lowest BCUT2D eigenvalue weighted by atomic mass is 10.1. The van der Waals surface area contributed by atoms with E-state index in [1.165, 1.54) is 0 Å². The Hall–Kier alpha value is -9.47. The van der Waals surface area contributed by atoms with Crippen molar-refractivity contribution < 1.29 is 46.9 Å². The standard InChI is InChI=1S/2C17H16N4O4.C16H16N4O2.C2H6/c1-10-13(11(2)25-20-10)8-21-6-5-16(19-21)18-17(22)12-3-4-14-15(7-12)24-9-23-14;1-10-13(11(2)25-20-10)8-21-7-6-15(19-21)18-17(22)12-4-3-5-14-16(12)24-9-23-14;1-11-14(12(2)22-19-11)10-20-9-8-15(18-20)17-16(21)13-6-4-3-5-7-13;1-2/h2*3-7H,8-9H2,1-2H3,(H,18,19,22);3-9H,10H2,1-2H3,(H,17,18,21);1-2H3. The van der Waals surface area contributed by atoms with E-state index in [0.29, 0.717) is 76.8 Å². The second kappa shape index (κ2) is 23.2. The van der Waals surface area contributed by atoms with Crippen LogP contribution < -0.4 is 34.9 Å². The van der Waals surface area contributed by atoms with Gasteiger partial charge < -0.3 is 48.5 Å². The lowest BCUT2D eigenvalue weighted by Crippen LogP contribution is -2.13. The number of para-hydroxylation sites is 1. The van der Waals surface area contributed by atoms with Gasteiger partial charge in [-0.2, -0.15) is 15.3 Å². The van der Waals surface area contributed by atoms with Gasteiger partial charge in [-0.15, -0.1) is 0 Å². The van der Waals surface area contributed by atoms with E-state index < -0.39 is 0 Å². The van der Waals surface area contributed by atoms with Crippen LogP contribution in [0.25, 0.3) is 0 Å². The van der Waals surface area contributed by atoms with E-state index in [1.807, 2.05) is 79.8 Å². The monoisotopic (exact) mass is 1010 g/mol. The summed E-state index contributed by atoms with van der Waals surface area (Å²) in [7, 11) is 0. The molecule has 8 heterocycles. The van der Waals surface area contributed by atoms with Gasteiger partial charge in [0.1, 0.15) is 17.3 Å². The highest BCUT2D eigenvalue weighted by Crippen LogP contribution is 2.36. The number of aryl methyl sites for hydroxylation is 6. The van der Waals surface area contributed by atoms with Gasteiger partial charge in [0.2, 0.25) is 13.6 Å². The topological polar surface area (TPSA) is 256 Å². The van der Waals surface area contributed by atoms with E-state index in [2.05, 4.69) is 46.7 Å². The molecule has 9 aromatic rings. The van der Waals surface area contributed by atoms with Gasteiger partial charge in [-0.3, -0.25) is 28.4 Å². The van der Waals surface area contributed by atoms with Crippen molar-refractivity contribution in [3.8, 4) is 23.0 Å². The predicted octanol–water partition coefficient (Wildman–Crippen LogP) is 8.85. The number of rotatable bonds is 12. The Morgan fingerprint density at radius 3 is 1.41 bits per heavy atom. The molecule has 0 atom stereocenters. The van der Waals surface area contributed by atoms with Gasteiger partial charge >= 0.3 is 0 Å². The Morgan fingerprint density at radius 2 is 0.919 bits per heavy atom. The molecule has 0 fully saturated rings. The second-order valence-electron chi connectivity index (χ2n) is 16.4. The zero-order chi connectivity index (χ0) is 52.3. The molecular formula is C52H54N12O10. The number of carbonyl (C=O) groups is 3. The van der Waals surface area contributed by atoms with E-state index >= 15 is 0 Å². The normalized spacial score (nSPS) is 11.6. The summed E-state index contributed by atoms with van der Waals surface area (Å²) in [6.07, 6.45) is 5.39. The Balaban J connectivity index is 0.000000146. The summed E-state index contributed by atoms with van der Waals surface area (Å²) in [6.45, 7) is 17.2. The molecule has 3 N–H and O–H groups in total. The molecule has 11 rings (SSSR count). The minimum atomic E-state index is -0.301. The quantitative estimate of drug-likeness (QED) is 0.103. The van der Waals surface area contributed by atoms with Crippen LogP contribution in [0.1, 0.15) is 96.0 Å². The zero-order valence-corrected chi connectivity index (χ0v) is 42.0. The van der Waals surface area contributed by atoms with E-state index in [1.54, 1.807) is 93.2 Å². The molecule has 2 aliphatic rings. The molecule has 22 nitrogen and oxygen atoms in total. The molecule has 0 radical (unpaired) electrons. The molecule has 382 valence electrons. The van der Waals surface area contributed by atoms with Gasteiger partial charge in [-0.25, -0.2) is 0 Å². The van der Waals surface area contributed by atoms with Crippen molar-refractivity contribution in [1.29, 1.82) is 0 Å². The summed E-state index contributed by atoms with van der Waals surface area (Å²) in [4.78, 5) is 36.9. The van der Waals surface area contributed by atoms with Crippen molar-refractivity contribution in [2.75, 3.05) is 29.5 Å². The van der Waals surface area contributed by atoms with Crippen LogP contribution >= 0.6 is 0 Å². The summed E-state index contributed by atoms with van der Waals surface area (Å²) >= 11 is 0. The first-order valence-corrected chi connectivity index (χ1v) is 23.5. The van der Waals surface area contributed by atoms with E-state index in [4.69, 9.17) is 32.5 Å². The number of nitrogens with zero attached hydrogens (tertiary/aromatic N) is 9. The maximum atomic E-state index is 12.5. The van der Waals surface area contributed by atoms with E-state index in [9.17, 15) is 14.4 Å². The smallest absolute Gasteiger partial charge is 0.260 e. The molecule has 0 aliphatic carbocycles. The number of hydrogen-bond acceptors (Lipinski definition) is 16. The fraction of sp³-hybridized carbons (Fsp3) is 0.250. The summed E-state index contributed by atoms with van der Waals surface area (Å²) in [5.74, 6) is 5.22. The van der Waals surface area contributed by atoms with Crippen LogP contribution in [0.5, 0.6) is 23.0 Å². The Bertz CT molecular complexity index is 3320. The largest absolute Gasteiger partial charge is 0.454 e. The second-order valence-corrected chi connectivity index (χ2v) is 16.4. The van der Waals surface area contributed by atoms with Crippen molar-refractivity contribution in [2.24, 2.45) is 0 Å². The molecule has 0 unspecified atom stereocenters. The number of nitrogens with one attached hydrogen (secondary N) is 3. The van der Waals surface area contributed by atoms with E-state index in [0.717, 1.165) is 51.1 Å². The van der Waals surface area contributed by atoms with Crippen molar-refractivity contribution in [3.63, 3.8) is 0 Å². The van der Waals surface area contributed by atoms with Crippen LogP contribution in [0, 0.1) is 41.5 Å². The molecule has 0 bridgehead atoms. The molecular weight excluding hydrogens is 953 g/mol. The van der Waals surface area contributed by atoms with Gasteiger partial charge in [0.05, 0.1) is 42.3 Å². The lowest BCUT2D eigenvalue weighted by Gasteiger charge is -2.05. The molecule has 3 amide bonds. The zero-order valence-electron chi connectivity index (χ0n) is 42.0. The highest BCUT2D eigenvalue weighted by Gasteiger charge is 2.23. The Morgan fingerprint density at radius 1 is 0.473 bits per heavy atom. The average molecular weight is 1010 g/mol. The third-order valence-corrected chi connectivity index (χ3v) is 11.5. The maximum Gasteiger partial charge on any atom is 0.260 e. The number of amides is 3. The molecule has 0 saturated carbocycles. The van der Waals surface area contributed by atoms with Crippen LogP contribution in [0.4, 0.5) is 17.5 Å². The third kappa shape index (κ3) is 12.2. The summed E-state index contributed by atoms with van der Waals surface area (Å²) in [5, 5.41) is 33.2. The number of benzene rings is 3. The molecule has 2 aliphatic heterocycles. The molecule has 6 aromatic heterocycles. The average Bonchev–Trinajstić information content (AvgIpc) is 4.30. The van der Waals surface area contributed by atoms with Crippen LogP contribution in [-0.4, -0.2) is 76.1 Å². The van der Waals surface area contributed by atoms with Crippen LogP contribution in [0.2, 0.25) is 0 Å². The number of anilines is 3. The van der Waals surface area contributed by atoms with Gasteiger partial charge in [0.25, 0.3) is 17.7 Å². The van der Waals surface area contributed by atoms with Gasteiger partial charge in [-0.05, 0) is 84.0 Å². The molecule has 0 saturated heterocycles.